The molecule has 318 valence electrons. The Morgan fingerprint density at radius 3 is 1.56 bits per heavy atom. The SMILES string of the molecule is CC(C)(C)c1ccc(-c2cccc(C(CCc3ccc4c(c3)C(C)(C)c3cc(C(C)(C)C)ccc3-4)Cc3c4c(c(C(C)(C)C)c5c3C3CCC5CC3)C3CCC4CC3)c2)cc1. The summed E-state index contributed by atoms with van der Waals surface area (Å²) >= 11 is 0. The molecule has 5 aromatic carbocycles. The fourth-order valence-corrected chi connectivity index (χ4v) is 13.6. The van der Waals surface area contributed by atoms with Crippen molar-refractivity contribution in [3.05, 3.63) is 152 Å². The van der Waals surface area contributed by atoms with Crippen LogP contribution in [0, 0.1) is 0 Å². The maximum absolute atomic E-state index is 2.61. The van der Waals surface area contributed by atoms with Crippen LogP contribution in [-0.2, 0) is 34.5 Å². The van der Waals surface area contributed by atoms with Gasteiger partial charge in [0.15, 0.2) is 0 Å². The van der Waals surface area contributed by atoms with Gasteiger partial charge in [0.1, 0.15) is 0 Å². The molecule has 2 fully saturated rings. The summed E-state index contributed by atoms with van der Waals surface area (Å²) in [5.41, 5.74) is 26.0. The van der Waals surface area contributed by atoms with Gasteiger partial charge < -0.3 is 0 Å². The first-order chi connectivity index (χ1) is 28.9. The van der Waals surface area contributed by atoms with E-state index in [9.17, 15) is 0 Å². The van der Waals surface area contributed by atoms with E-state index in [1.54, 1.807) is 0 Å². The molecule has 1 atom stereocenters. The van der Waals surface area contributed by atoms with Crippen molar-refractivity contribution >= 4 is 0 Å². The minimum atomic E-state index is -0.0102. The lowest BCUT2D eigenvalue weighted by atomic mass is 9.54. The fraction of sp³-hybridized carbons (Fsp3) is 0.508. The molecule has 2 saturated carbocycles. The predicted octanol–water partition coefficient (Wildman–Crippen LogP) is 17.0. The van der Waals surface area contributed by atoms with Crippen LogP contribution in [0.4, 0.5) is 0 Å². The van der Waals surface area contributed by atoms with Crippen LogP contribution in [0.5, 0.6) is 0 Å². The summed E-state index contributed by atoms with van der Waals surface area (Å²) < 4.78 is 0. The highest BCUT2D eigenvalue weighted by atomic mass is 14.5. The number of benzene rings is 5. The molecule has 0 heterocycles. The highest BCUT2D eigenvalue weighted by Gasteiger charge is 2.46. The van der Waals surface area contributed by atoms with E-state index in [0.717, 1.165) is 30.1 Å². The second kappa shape index (κ2) is 14.6. The molecule has 0 amide bonds. The smallest absolute Gasteiger partial charge is 0.0159 e. The van der Waals surface area contributed by atoms with Gasteiger partial charge >= 0.3 is 0 Å². The molecule has 0 heteroatoms. The average molecular weight is 807 g/mol. The average Bonchev–Trinajstić information content (AvgIpc) is 3.46. The number of hydrogen-bond donors (Lipinski definition) is 0. The molecule has 0 aliphatic heterocycles. The minimum absolute atomic E-state index is 0.0102. The van der Waals surface area contributed by atoms with E-state index in [-0.39, 0.29) is 21.7 Å². The number of fused-ring (bicyclic) bond motifs is 7. The highest BCUT2D eigenvalue weighted by molar-refractivity contribution is 5.81. The van der Waals surface area contributed by atoms with Gasteiger partial charge in [0, 0.05) is 5.41 Å². The van der Waals surface area contributed by atoms with E-state index in [1.165, 1.54) is 120 Å². The molecular formula is C61H74. The predicted molar refractivity (Wildman–Crippen MR) is 261 cm³/mol. The Morgan fingerprint density at radius 1 is 0.508 bits per heavy atom. The zero-order valence-corrected chi connectivity index (χ0v) is 39.7. The first-order valence-corrected chi connectivity index (χ1v) is 24.6. The highest BCUT2D eigenvalue weighted by Crippen LogP contribution is 2.62. The third-order valence-corrected chi connectivity index (χ3v) is 16.9. The Hall–Kier alpha value is -3.90. The minimum Gasteiger partial charge on any atom is -0.0614 e. The standard InChI is InChI=1S/C61H74/c1-58(2,3)46-28-26-38(27-29-46)43-13-12-14-44(34-43)45(17-15-37-16-31-48-49-32-30-47(59(4,5)6)36-52(49)61(10,11)51(48)33-37)35-50-53-39-18-22-41(23-19-39)55(53)57(60(7,8)9)56-42-24-20-40(21-25-42)54(50)56/h12-14,16,26-34,36,39-42,45H,15,17-25,35H2,1-11H3. The van der Waals surface area contributed by atoms with Gasteiger partial charge in [-0.15, -0.1) is 0 Å². The molecule has 7 aliphatic carbocycles. The van der Waals surface area contributed by atoms with Crippen LogP contribution in [0.2, 0.25) is 0 Å². The van der Waals surface area contributed by atoms with E-state index in [4.69, 9.17) is 0 Å². The van der Waals surface area contributed by atoms with Crippen molar-refractivity contribution in [3.63, 3.8) is 0 Å². The van der Waals surface area contributed by atoms with Gasteiger partial charge in [-0.25, -0.2) is 0 Å². The third kappa shape index (κ3) is 7.00. The summed E-state index contributed by atoms with van der Waals surface area (Å²) in [7, 11) is 0. The molecule has 0 radical (unpaired) electrons. The van der Waals surface area contributed by atoms with Gasteiger partial charge in [0.25, 0.3) is 0 Å². The molecule has 4 bridgehead atoms. The van der Waals surface area contributed by atoms with Crippen molar-refractivity contribution in [2.24, 2.45) is 0 Å². The molecule has 61 heavy (non-hydrogen) atoms. The normalized spacial score (nSPS) is 22.7. The Labute approximate surface area is 370 Å². The first kappa shape index (κ1) is 41.1. The molecule has 7 aliphatic rings. The van der Waals surface area contributed by atoms with Crippen molar-refractivity contribution in [1.82, 2.24) is 0 Å². The summed E-state index contributed by atoms with van der Waals surface area (Å²) in [6, 6.07) is 34.1. The van der Waals surface area contributed by atoms with E-state index < -0.39 is 0 Å². The summed E-state index contributed by atoms with van der Waals surface area (Å²) in [6.07, 6.45) is 14.7. The van der Waals surface area contributed by atoms with Crippen LogP contribution in [0.15, 0.2) is 84.9 Å². The van der Waals surface area contributed by atoms with E-state index in [0.29, 0.717) is 5.92 Å². The van der Waals surface area contributed by atoms with Crippen LogP contribution >= 0.6 is 0 Å². The van der Waals surface area contributed by atoms with Crippen LogP contribution < -0.4 is 0 Å². The Bertz CT molecular complexity index is 2430. The Kier molecular flexibility index (Phi) is 9.83. The lowest BCUT2D eigenvalue weighted by Crippen LogP contribution is -2.35. The molecule has 0 nitrogen and oxygen atoms in total. The maximum atomic E-state index is 2.61. The number of hydrogen-bond acceptors (Lipinski definition) is 0. The maximum Gasteiger partial charge on any atom is 0.0159 e. The van der Waals surface area contributed by atoms with Crippen LogP contribution in [0.1, 0.15) is 230 Å². The second-order valence-corrected chi connectivity index (χ2v) is 24.3. The van der Waals surface area contributed by atoms with Crippen molar-refractivity contribution in [2.75, 3.05) is 0 Å². The summed E-state index contributed by atoms with van der Waals surface area (Å²) in [6.45, 7) is 26.6. The van der Waals surface area contributed by atoms with Crippen molar-refractivity contribution in [1.29, 1.82) is 0 Å². The van der Waals surface area contributed by atoms with Crippen molar-refractivity contribution in [2.45, 2.75) is 198 Å². The second-order valence-electron chi connectivity index (χ2n) is 24.3. The first-order valence-electron chi connectivity index (χ1n) is 24.6. The molecule has 0 saturated heterocycles. The van der Waals surface area contributed by atoms with Gasteiger partial charge in [-0.3, -0.25) is 0 Å². The Morgan fingerprint density at radius 2 is 1.02 bits per heavy atom. The van der Waals surface area contributed by atoms with Gasteiger partial charge in [0.05, 0.1) is 0 Å². The molecule has 12 rings (SSSR count). The lowest BCUT2D eigenvalue weighted by Gasteiger charge is -2.50. The van der Waals surface area contributed by atoms with Crippen LogP contribution in [0.25, 0.3) is 22.3 Å². The zero-order valence-electron chi connectivity index (χ0n) is 39.7. The van der Waals surface area contributed by atoms with Crippen molar-refractivity contribution in [3.8, 4) is 22.3 Å². The third-order valence-electron chi connectivity index (χ3n) is 16.9. The zero-order chi connectivity index (χ0) is 42.8. The Balaban J connectivity index is 1.07. The molecule has 5 aromatic rings. The fourth-order valence-electron chi connectivity index (χ4n) is 13.6. The topological polar surface area (TPSA) is 0 Å². The largest absolute Gasteiger partial charge is 0.0614 e. The van der Waals surface area contributed by atoms with Gasteiger partial charge in [-0.1, -0.05) is 161 Å². The van der Waals surface area contributed by atoms with E-state index in [2.05, 4.69) is 161 Å². The lowest BCUT2D eigenvalue weighted by molar-refractivity contribution is 0.324. The monoisotopic (exact) mass is 807 g/mol. The van der Waals surface area contributed by atoms with Gasteiger partial charge in [0.2, 0.25) is 0 Å². The molecular weight excluding hydrogens is 733 g/mol. The number of aryl methyl sites for hydroxylation is 1. The molecule has 0 N–H and O–H groups in total. The summed E-state index contributed by atoms with van der Waals surface area (Å²) in [4.78, 5) is 0. The van der Waals surface area contributed by atoms with E-state index >= 15 is 0 Å². The van der Waals surface area contributed by atoms with Gasteiger partial charge in [-0.2, -0.15) is 0 Å². The van der Waals surface area contributed by atoms with E-state index in [1.807, 2.05) is 33.4 Å². The van der Waals surface area contributed by atoms with Crippen molar-refractivity contribution < 1.29 is 0 Å². The summed E-state index contributed by atoms with van der Waals surface area (Å²) in [5, 5.41) is 0. The molecule has 0 spiro atoms. The van der Waals surface area contributed by atoms with Crippen LogP contribution in [-0.4, -0.2) is 0 Å². The number of rotatable bonds is 7. The summed E-state index contributed by atoms with van der Waals surface area (Å²) in [5.74, 6) is 3.46. The molecule has 0 aromatic heterocycles. The van der Waals surface area contributed by atoms with Crippen LogP contribution in [0.3, 0.4) is 0 Å². The quantitative estimate of drug-likeness (QED) is 0.154. The van der Waals surface area contributed by atoms with Gasteiger partial charge in [-0.05, 0) is 205 Å². The molecule has 1 unspecified atom stereocenters.